The number of oxime groups is 1. The number of carbonyl (C=O) groups excluding carboxylic acids is 1. The van der Waals surface area contributed by atoms with Gasteiger partial charge in [0.05, 0.1) is 5.92 Å². The fraction of sp³-hybridized carbons (Fsp3) is 0.143. The van der Waals surface area contributed by atoms with Crippen molar-refractivity contribution in [2.24, 2.45) is 16.8 Å². The molecule has 2 rings (SSSR count). The smallest absolute Gasteiger partial charge is 0.234 e. The number of amidine groups is 1. The van der Waals surface area contributed by atoms with Crippen LogP contribution in [0.2, 0.25) is 0 Å². The van der Waals surface area contributed by atoms with Crippen LogP contribution in [0.4, 0.5) is 5.69 Å². The zero-order chi connectivity index (χ0) is 14.7. The first-order valence-electron chi connectivity index (χ1n) is 6.00. The highest BCUT2D eigenvalue weighted by Crippen LogP contribution is 2.30. The lowest BCUT2D eigenvalue weighted by Crippen LogP contribution is -2.32. The summed E-state index contributed by atoms with van der Waals surface area (Å²) in [6, 6.07) is 11.4. The summed E-state index contributed by atoms with van der Waals surface area (Å²) >= 11 is 3.48. The van der Waals surface area contributed by atoms with Gasteiger partial charge >= 0.3 is 0 Å². The predicted octanol–water partition coefficient (Wildman–Crippen LogP) is 2.92. The van der Waals surface area contributed by atoms with Crippen LogP contribution in [0.3, 0.4) is 0 Å². The molecule has 1 atom stereocenters. The molecule has 1 amide bonds. The normalized spacial score (nSPS) is 13.2. The van der Waals surface area contributed by atoms with Gasteiger partial charge in [-0.15, -0.1) is 0 Å². The van der Waals surface area contributed by atoms with Crippen LogP contribution in [-0.4, -0.2) is 17.0 Å². The number of hydrogen-bond acceptors (Lipinski definition) is 3. The van der Waals surface area contributed by atoms with Crippen LogP contribution < -0.4 is 11.1 Å². The lowest BCUT2D eigenvalue weighted by atomic mass is 10.1. The van der Waals surface area contributed by atoms with Crippen LogP contribution in [0, 0.1) is 5.92 Å². The van der Waals surface area contributed by atoms with Gasteiger partial charge < -0.3 is 16.3 Å². The molecule has 0 aromatic heterocycles. The van der Waals surface area contributed by atoms with Gasteiger partial charge in [0, 0.05) is 15.5 Å². The minimum absolute atomic E-state index is 0.121. The molecule has 104 valence electrons. The van der Waals surface area contributed by atoms with Gasteiger partial charge in [0.2, 0.25) is 5.91 Å². The van der Waals surface area contributed by atoms with Crippen LogP contribution in [-0.2, 0) is 4.79 Å². The molecule has 4 N–H and O–H groups in total. The van der Waals surface area contributed by atoms with Crippen LogP contribution in [0.25, 0.3) is 10.8 Å². The van der Waals surface area contributed by atoms with Crippen molar-refractivity contribution in [3.8, 4) is 0 Å². The number of nitrogens with zero attached hydrogens (tertiary/aromatic N) is 1. The average Bonchev–Trinajstić information content (AvgIpc) is 2.48. The number of anilines is 1. The molecule has 0 spiro atoms. The van der Waals surface area contributed by atoms with Gasteiger partial charge in [-0.05, 0) is 24.4 Å². The highest BCUT2D eigenvalue weighted by molar-refractivity contribution is 9.10. The van der Waals surface area contributed by atoms with Gasteiger partial charge in [-0.2, -0.15) is 0 Å². The summed E-state index contributed by atoms with van der Waals surface area (Å²) in [6.45, 7) is 1.57. The molecule has 0 aliphatic carbocycles. The largest absolute Gasteiger partial charge is 0.409 e. The van der Waals surface area contributed by atoms with Gasteiger partial charge in [-0.25, -0.2) is 0 Å². The van der Waals surface area contributed by atoms with Crippen molar-refractivity contribution in [1.82, 2.24) is 0 Å². The van der Waals surface area contributed by atoms with Gasteiger partial charge in [0.15, 0.2) is 5.84 Å². The topological polar surface area (TPSA) is 87.7 Å². The monoisotopic (exact) mass is 335 g/mol. The van der Waals surface area contributed by atoms with Crippen molar-refractivity contribution in [1.29, 1.82) is 0 Å². The van der Waals surface area contributed by atoms with E-state index in [2.05, 4.69) is 26.4 Å². The molecule has 2 aromatic carbocycles. The summed E-state index contributed by atoms with van der Waals surface area (Å²) in [7, 11) is 0. The maximum absolute atomic E-state index is 12.0. The second kappa shape index (κ2) is 5.92. The van der Waals surface area contributed by atoms with E-state index >= 15 is 0 Å². The molecule has 2 aromatic rings. The van der Waals surface area contributed by atoms with E-state index in [1.54, 1.807) is 6.92 Å². The Hall–Kier alpha value is -2.08. The van der Waals surface area contributed by atoms with E-state index in [4.69, 9.17) is 10.9 Å². The summed E-state index contributed by atoms with van der Waals surface area (Å²) in [5.41, 5.74) is 6.13. The standard InChI is InChI=1S/C14H14BrN3O2/c1-8(13(16)18-20)14(19)17-12-7-6-11(15)9-4-2-3-5-10(9)12/h2-8,20H,1H3,(H2,16,18)(H,17,19). The van der Waals surface area contributed by atoms with Gasteiger partial charge in [0.25, 0.3) is 0 Å². The number of rotatable bonds is 3. The number of fused-ring (bicyclic) bond motifs is 1. The third-order valence-electron chi connectivity index (χ3n) is 3.08. The Labute approximate surface area is 124 Å². The third kappa shape index (κ3) is 2.75. The van der Waals surface area contributed by atoms with Crippen LogP contribution in [0.5, 0.6) is 0 Å². The summed E-state index contributed by atoms with van der Waals surface area (Å²) in [5.74, 6) is -1.15. The summed E-state index contributed by atoms with van der Waals surface area (Å²) in [6.07, 6.45) is 0. The highest BCUT2D eigenvalue weighted by atomic mass is 79.9. The molecule has 5 nitrogen and oxygen atoms in total. The second-order valence-corrected chi connectivity index (χ2v) is 5.23. The molecule has 20 heavy (non-hydrogen) atoms. The van der Waals surface area contributed by atoms with Crippen molar-refractivity contribution in [2.45, 2.75) is 6.92 Å². The molecule has 0 heterocycles. The Balaban J connectivity index is 2.36. The van der Waals surface area contributed by atoms with E-state index in [0.29, 0.717) is 5.69 Å². The Morgan fingerprint density at radius 2 is 1.95 bits per heavy atom. The van der Waals surface area contributed by atoms with Gasteiger partial charge in [-0.1, -0.05) is 45.4 Å². The number of halogens is 1. The van der Waals surface area contributed by atoms with E-state index in [0.717, 1.165) is 15.2 Å². The number of nitrogens with one attached hydrogen (secondary N) is 1. The molecule has 0 aliphatic rings. The van der Waals surface area contributed by atoms with E-state index in [9.17, 15) is 4.79 Å². The minimum atomic E-state index is -0.706. The van der Waals surface area contributed by atoms with Gasteiger partial charge in [-0.3, -0.25) is 4.79 Å². The first-order valence-corrected chi connectivity index (χ1v) is 6.79. The number of amides is 1. The highest BCUT2D eigenvalue weighted by Gasteiger charge is 2.18. The predicted molar refractivity (Wildman–Crippen MR) is 82.9 cm³/mol. The van der Waals surface area contributed by atoms with E-state index < -0.39 is 5.92 Å². The molecule has 1 unspecified atom stereocenters. The maximum Gasteiger partial charge on any atom is 0.234 e. The molecular formula is C14H14BrN3O2. The fourth-order valence-corrected chi connectivity index (χ4v) is 2.31. The summed E-state index contributed by atoms with van der Waals surface area (Å²) in [5, 5.41) is 16.2. The quantitative estimate of drug-likeness (QED) is 0.349. The van der Waals surface area contributed by atoms with Crippen molar-refractivity contribution in [2.75, 3.05) is 5.32 Å². The number of carbonyl (C=O) groups is 1. The zero-order valence-corrected chi connectivity index (χ0v) is 12.4. The fourth-order valence-electron chi connectivity index (χ4n) is 1.83. The molecule has 6 heteroatoms. The van der Waals surface area contributed by atoms with Gasteiger partial charge in [0.1, 0.15) is 0 Å². The molecule has 0 fully saturated rings. The summed E-state index contributed by atoms with van der Waals surface area (Å²) < 4.78 is 0.954. The Kier molecular flexibility index (Phi) is 4.24. The zero-order valence-electron chi connectivity index (χ0n) is 10.8. The maximum atomic E-state index is 12.0. The molecular weight excluding hydrogens is 322 g/mol. The Morgan fingerprint density at radius 1 is 1.30 bits per heavy atom. The van der Waals surface area contributed by atoms with E-state index in [1.807, 2.05) is 36.4 Å². The van der Waals surface area contributed by atoms with Crippen molar-refractivity contribution in [3.63, 3.8) is 0 Å². The molecule has 0 radical (unpaired) electrons. The SMILES string of the molecule is CC(C(=O)Nc1ccc(Br)c2ccccc12)/C(N)=N/O. The Morgan fingerprint density at radius 3 is 2.60 bits per heavy atom. The minimum Gasteiger partial charge on any atom is -0.409 e. The molecule has 0 saturated carbocycles. The van der Waals surface area contributed by atoms with Crippen LogP contribution in [0.1, 0.15) is 6.92 Å². The first kappa shape index (κ1) is 14.3. The number of hydrogen-bond donors (Lipinski definition) is 3. The lowest BCUT2D eigenvalue weighted by molar-refractivity contribution is -0.117. The average molecular weight is 336 g/mol. The number of nitrogens with two attached hydrogens (primary N) is 1. The first-order chi connectivity index (χ1) is 9.54. The lowest BCUT2D eigenvalue weighted by Gasteiger charge is -2.13. The third-order valence-corrected chi connectivity index (χ3v) is 3.77. The van der Waals surface area contributed by atoms with E-state index in [-0.39, 0.29) is 11.7 Å². The van der Waals surface area contributed by atoms with Crippen molar-refractivity contribution in [3.05, 3.63) is 40.9 Å². The molecule has 0 aliphatic heterocycles. The van der Waals surface area contributed by atoms with Crippen molar-refractivity contribution < 1.29 is 10.0 Å². The Bertz CT molecular complexity index is 685. The van der Waals surface area contributed by atoms with Crippen LogP contribution >= 0.6 is 15.9 Å². The number of benzene rings is 2. The molecule has 0 saturated heterocycles. The molecule has 0 bridgehead atoms. The second-order valence-electron chi connectivity index (χ2n) is 4.38. The summed E-state index contributed by atoms with van der Waals surface area (Å²) in [4.78, 5) is 12.0. The van der Waals surface area contributed by atoms with Crippen LogP contribution in [0.15, 0.2) is 46.0 Å². The van der Waals surface area contributed by atoms with E-state index in [1.165, 1.54) is 0 Å². The van der Waals surface area contributed by atoms with Crippen molar-refractivity contribution >= 4 is 44.1 Å².